The molecule has 1 aliphatic rings. The lowest BCUT2D eigenvalue weighted by atomic mass is 9.98. The zero-order valence-electron chi connectivity index (χ0n) is 37.9. The van der Waals surface area contributed by atoms with Gasteiger partial charge in [-0.15, -0.1) is 5.10 Å². The van der Waals surface area contributed by atoms with Gasteiger partial charge >= 0.3 is 5.97 Å². The Morgan fingerprint density at radius 1 is 0.897 bits per heavy atom. The number of aromatic nitrogens is 7. The molecule has 2 aromatic carbocycles. The number of carboxylic acids is 1. The smallest absolute Gasteiger partial charge is 0.307 e. The molecule has 7 rings (SSSR count). The predicted octanol–water partition coefficient (Wildman–Crippen LogP) is 5.43. The molecule has 1 atom stereocenters. The first-order valence-corrected chi connectivity index (χ1v) is 22.5. The van der Waals surface area contributed by atoms with Crippen LogP contribution in [0, 0.1) is 12.8 Å². The number of carbonyl (C=O) groups excluding carboxylic acids is 3. The van der Waals surface area contributed by atoms with E-state index in [1.807, 2.05) is 50.3 Å². The fraction of sp³-hybridized carbons (Fsp3) is 0.319. The summed E-state index contributed by atoms with van der Waals surface area (Å²) in [4.78, 5) is 74.1. The number of carbonyl (C=O) groups is 4. The molecule has 4 aromatic heterocycles. The van der Waals surface area contributed by atoms with Gasteiger partial charge in [0.15, 0.2) is 5.76 Å². The summed E-state index contributed by atoms with van der Waals surface area (Å²) in [6, 6.07) is 17.7. The van der Waals surface area contributed by atoms with Crippen LogP contribution in [0.4, 0.5) is 23.3 Å². The third kappa shape index (κ3) is 12.3. The highest BCUT2D eigenvalue weighted by molar-refractivity contribution is 6.36. The molecule has 0 spiro atoms. The lowest BCUT2D eigenvalue weighted by Crippen LogP contribution is -2.31. The molecule has 1 fully saturated rings. The van der Waals surface area contributed by atoms with Gasteiger partial charge in [0, 0.05) is 69.3 Å². The summed E-state index contributed by atoms with van der Waals surface area (Å²) in [6.07, 6.45) is 7.30. The van der Waals surface area contributed by atoms with Gasteiger partial charge in [0.25, 0.3) is 17.6 Å². The number of nitrogens with one attached hydrogen (secondary N) is 5. The number of hydrogen-bond donors (Lipinski definition) is 7. The number of aliphatic carboxylic acids is 1. The standard InChI is InChI=1S/C47H53ClN14O6/c1-4-8-38(68-3)41-57-47-59-46(58-45(49)62(47)60-41)52-19-7-13-39(63)51-21-20-50-23-29-14-16-36(53-24-29)42(64)55-34-11-5-9-32(28(34)2)33-10-6-12-35(40(33)48)56-43(65)37-17-15-30(25-54-37)26-61-22-18-31(27-61)44(66)67/h5-6,8-12,14-17,24-25,31,50H,4,7,13,18-23,26-27H2,1-3H3,(H,51,63)(H,55,64)(H,56,65)(H,66,67)(H3,49,52,57,58,59,60)/b38-8-. The Bertz CT molecular complexity index is 2800. The molecule has 20 nitrogen and oxygen atoms in total. The second-order valence-electron chi connectivity index (χ2n) is 16.0. The average Bonchev–Trinajstić information content (AvgIpc) is 4.00. The molecule has 68 heavy (non-hydrogen) atoms. The molecule has 21 heteroatoms. The van der Waals surface area contributed by atoms with Crippen molar-refractivity contribution in [3.63, 3.8) is 0 Å². The van der Waals surface area contributed by atoms with Crippen molar-refractivity contribution in [2.45, 2.75) is 52.6 Å². The summed E-state index contributed by atoms with van der Waals surface area (Å²) in [5, 5.41) is 29.0. The summed E-state index contributed by atoms with van der Waals surface area (Å²) >= 11 is 6.89. The molecule has 8 N–H and O–H groups in total. The van der Waals surface area contributed by atoms with E-state index in [4.69, 9.17) is 22.1 Å². The van der Waals surface area contributed by atoms with Crippen LogP contribution in [0.5, 0.6) is 0 Å². The normalized spacial score (nSPS) is 13.9. The van der Waals surface area contributed by atoms with E-state index in [-0.39, 0.29) is 46.8 Å². The Morgan fingerprint density at radius 2 is 1.60 bits per heavy atom. The number of nitrogens with zero attached hydrogens (tertiary/aromatic N) is 8. The minimum Gasteiger partial charge on any atom is -0.493 e. The number of carboxylic acid groups (broad SMARTS) is 1. The minimum atomic E-state index is -0.783. The summed E-state index contributed by atoms with van der Waals surface area (Å²) < 4.78 is 6.69. The van der Waals surface area contributed by atoms with E-state index in [0.717, 1.165) is 28.7 Å². The molecule has 1 unspecified atom stereocenters. The monoisotopic (exact) mass is 944 g/mol. The number of nitrogen functional groups attached to an aromatic ring is 1. The number of rotatable bonds is 21. The van der Waals surface area contributed by atoms with Crippen LogP contribution < -0.4 is 32.3 Å². The summed E-state index contributed by atoms with van der Waals surface area (Å²) in [5.74, 6) is -0.517. The van der Waals surface area contributed by atoms with Crippen LogP contribution in [0.1, 0.15) is 76.1 Å². The third-order valence-electron chi connectivity index (χ3n) is 11.1. The van der Waals surface area contributed by atoms with Crippen LogP contribution in [0.25, 0.3) is 22.7 Å². The molecule has 5 heterocycles. The van der Waals surface area contributed by atoms with E-state index in [1.54, 1.807) is 49.8 Å². The van der Waals surface area contributed by atoms with Crippen LogP contribution in [0.2, 0.25) is 5.02 Å². The van der Waals surface area contributed by atoms with E-state index < -0.39 is 11.9 Å². The maximum Gasteiger partial charge on any atom is 0.307 e. The van der Waals surface area contributed by atoms with Crippen molar-refractivity contribution in [3.05, 3.63) is 118 Å². The first-order chi connectivity index (χ1) is 32.9. The molecule has 354 valence electrons. The molecule has 1 aliphatic heterocycles. The Kier molecular flexibility index (Phi) is 16.2. The number of pyridine rings is 2. The van der Waals surface area contributed by atoms with Crippen molar-refractivity contribution in [2.24, 2.45) is 5.92 Å². The van der Waals surface area contributed by atoms with Crippen molar-refractivity contribution in [1.82, 2.24) is 50.1 Å². The number of benzene rings is 2. The van der Waals surface area contributed by atoms with Gasteiger partial charge in [-0.2, -0.15) is 19.5 Å². The molecule has 0 aliphatic carbocycles. The Hall–Kier alpha value is -7.55. The van der Waals surface area contributed by atoms with E-state index in [1.165, 1.54) is 4.52 Å². The number of halogens is 1. The fourth-order valence-corrected chi connectivity index (χ4v) is 7.80. The maximum absolute atomic E-state index is 13.3. The number of fused-ring (bicyclic) bond motifs is 1. The van der Waals surface area contributed by atoms with Crippen LogP contribution in [-0.4, -0.2) is 108 Å². The Morgan fingerprint density at radius 3 is 2.28 bits per heavy atom. The van der Waals surface area contributed by atoms with Gasteiger partial charge < -0.3 is 42.2 Å². The number of hydrogen-bond acceptors (Lipinski definition) is 15. The molecule has 3 amide bonds. The number of amides is 3. The van der Waals surface area contributed by atoms with E-state index in [2.05, 4.69) is 61.5 Å². The van der Waals surface area contributed by atoms with Crippen LogP contribution in [0.15, 0.2) is 79.1 Å². The van der Waals surface area contributed by atoms with Crippen LogP contribution >= 0.6 is 11.6 Å². The van der Waals surface area contributed by atoms with E-state index >= 15 is 0 Å². The van der Waals surface area contributed by atoms with Crippen molar-refractivity contribution < 1.29 is 29.0 Å². The first-order valence-electron chi connectivity index (χ1n) is 22.1. The molecule has 0 radical (unpaired) electrons. The van der Waals surface area contributed by atoms with Gasteiger partial charge in [0.2, 0.25) is 23.6 Å². The highest BCUT2D eigenvalue weighted by atomic mass is 35.5. The largest absolute Gasteiger partial charge is 0.493 e. The maximum atomic E-state index is 13.3. The number of methoxy groups -OCH3 is 1. The molecular weight excluding hydrogens is 892 g/mol. The van der Waals surface area contributed by atoms with Gasteiger partial charge in [0.05, 0.1) is 23.7 Å². The molecule has 1 saturated heterocycles. The van der Waals surface area contributed by atoms with Crippen LogP contribution in [0.3, 0.4) is 0 Å². The van der Waals surface area contributed by atoms with Gasteiger partial charge in [0.1, 0.15) is 11.4 Å². The molecule has 6 aromatic rings. The summed E-state index contributed by atoms with van der Waals surface area (Å²) in [5.41, 5.74) is 11.4. The number of ether oxygens (including phenoxy) is 1. The van der Waals surface area contributed by atoms with E-state index in [0.29, 0.717) is 98.6 Å². The third-order valence-corrected chi connectivity index (χ3v) is 11.5. The average molecular weight is 945 g/mol. The topological polar surface area (TPSA) is 269 Å². The van der Waals surface area contributed by atoms with Crippen LogP contribution in [-0.2, 0) is 27.4 Å². The van der Waals surface area contributed by atoms with Gasteiger partial charge in [-0.05, 0) is 85.3 Å². The molecule has 0 saturated carbocycles. The van der Waals surface area contributed by atoms with Crippen molar-refractivity contribution in [2.75, 3.05) is 61.5 Å². The van der Waals surface area contributed by atoms with Gasteiger partial charge in [-0.25, -0.2) is 0 Å². The summed E-state index contributed by atoms with van der Waals surface area (Å²) in [7, 11) is 1.54. The van der Waals surface area contributed by atoms with Crippen molar-refractivity contribution in [1.29, 1.82) is 0 Å². The zero-order valence-corrected chi connectivity index (χ0v) is 38.6. The summed E-state index contributed by atoms with van der Waals surface area (Å²) in [6.45, 7) is 7.46. The first kappa shape index (κ1) is 48.4. The fourth-order valence-electron chi connectivity index (χ4n) is 7.52. The minimum absolute atomic E-state index is 0.0918. The number of likely N-dealkylation sites (tertiary alicyclic amines) is 1. The van der Waals surface area contributed by atoms with Crippen molar-refractivity contribution in [3.8, 4) is 11.1 Å². The second-order valence-corrected chi connectivity index (χ2v) is 16.4. The second kappa shape index (κ2) is 22.8. The number of allylic oxidation sites excluding steroid dienone is 1. The highest BCUT2D eigenvalue weighted by Gasteiger charge is 2.28. The molecule has 0 bridgehead atoms. The van der Waals surface area contributed by atoms with Gasteiger partial charge in [-0.1, -0.05) is 54.9 Å². The lowest BCUT2D eigenvalue weighted by Gasteiger charge is -2.16. The SMILES string of the molecule is CC/C=C(\OC)c1nc2nc(NCCCC(=O)NCCNCc3ccc(C(=O)Nc4cccc(-c5cccc(NC(=O)c6ccc(CN7CCC(C(=O)O)C7)cn6)c5Cl)c4C)nc3)nc(N)n2n1. The number of nitrogens with two attached hydrogens (primary N) is 1. The van der Waals surface area contributed by atoms with E-state index in [9.17, 15) is 24.3 Å². The number of anilines is 4. The Labute approximate surface area is 397 Å². The quantitative estimate of drug-likeness (QED) is 0.0350. The van der Waals surface area contributed by atoms with Gasteiger partial charge in [-0.3, -0.25) is 34.0 Å². The Balaban J connectivity index is 0.828. The lowest BCUT2D eigenvalue weighted by molar-refractivity contribution is -0.141. The molecular formula is C47H53ClN14O6. The highest BCUT2D eigenvalue weighted by Crippen LogP contribution is 2.37. The van der Waals surface area contributed by atoms with Crippen molar-refractivity contribution >= 4 is 70.1 Å². The predicted molar refractivity (Wildman–Crippen MR) is 258 cm³/mol. The zero-order chi connectivity index (χ0) is 48.2.